The fraction of sp³-hybridized carbons (Fsp3) is 0.714. The molecule has 12 heavy (non-hydrogen) atoms. The Morgan fingerprint density at radius 2 is 2.17 bits per heavy atom. The summed E-state index contributed by atoms with van der Waals surface area (Å²) in [4.78, 5) is 23.2. The molecule has 0 aromatic rings. The van der Waals surface area contributed by atoms with Crippen LogP contribution in [0.4, 0.5) is 0 Å². The van der Waals surface area contributed by atoms with Gasteiger partial charge in [0.2, 0.25) is 11.8 Å². The van der Waals surface area contributed by atoms with Crippen LogP contribution in [0.25, 0.3) is 0 Å². The zero-order chi connectivity index (χ0) is 8.43. The Balaban J connectivity index is 0.00000121. The summed E-state index contributed by atoms with van der Waals surface area (Å²) in [5, 5.41) is 8.50. The van der Waals surface area contributed by atoms with E-state index < -0.39 is 0 Å². The summed E-state index contributed by atoms with van der Waals surface area (Å²) in [5.74, 6) is -0.533. The molecule has 65 valence electrons. The van der Waals surface area contributed by atoms with Crippen LogP contribution in [0.15, 0.2) is 0 Å². The first kappa shape index (κ1) is 12.5. The van der Waals surface area contributed by atoms with E-state index in [4.69, 9.17) is 5.11 Å². The molecule has 1 rings (SSSR count). The zero-order valence-corrected chi connectivity index (χ0v) is 11.7. The van der Waals surface area contributed by atoms with Crippen molar-refractivity contribution in [2.75, 3.05) is 13.2 Å². The zero-order valence-electron chi connectivity index (χ0n) is 6.99. The van der Waals surface area contributed by atoms with E-state index in [1.54, 1.807) is 6.92 Å². The van der Waals surface area contributed by atoms with Crippen molar-refractivity contribution >= 4 is 11.8 Å². The van der Waals surface area contributed by atoms with Crippen molar-refractivity contribution in [3.63, 3.8) is 0 Å². The van der Waals surface area contributed by atoms with Gasteiger partial charge in [0, 0.05) is 56.4 Å². The van der Waals surface area contributed by atoms with Crippen LogP contribution in [0.1, 0.15) is 13.3 Å². The van der Waals surface area contributed by atoms with Crippen LogP contribution in [0.3, 0.4) is 0 Å². The molecule has 0 aromatic heterocycles. The van der Waals surface area contributed by atoms with E-state index in [0.29, 0.717) is 6.42 Å². The maximum atomic E-state index is 11.1. The number of hydrogen-bond acceptors (Lipinski definition) is 3. The molecule has 4 nitrogen and oxygen atoms in total. The van der Waals surface area contributed by atoms with Crippen LogP contribution < -0.4 is 0 Å². The second-order valence-electron chi connectivity index (χ2n) is 2.71. The third kappa shape index (κ3) is 2.51. The molecule has 1 fully saturated rings. The average molecular weight is 384 g/mol. The number of likely N-dealkylation sites (tertiary alicyclic amines) is 1. The molecule has 1 aliphatic rings. The van der Waals surface area contributed by atoms with Gasteiger partial charge in [-0.3, -0.25) is 14.5 Å². The molecule has 1 atom stereocenters. The molecule has 0 aromatic carbocycles. The van der Waals surface area contributed by atoms with Crippen molar-refractivity contribution in [1.29, 1.82) is 0 Å². The number of amides is 2. The van der Waals surface area contributed by atoms with Crippen LogP contribution in [0.5, 0.6) is 0 Å². The monoisotopic (exact) mass is 384 g/mol. The topological polar surface area (TPSA) is 57.6 Å². The van der Waals surface area contributed by atoms with E-state index in [9.17, 15) is 9.59 Å². The predicted octanol–water partition coefficient (Wildman–Crippen LogP) is -0.626. The van der Waals surface area contributed by atoms with Gasteiger partial charge in [-0.05, 0) is 0 Å². The van der Waals surface area contributed by atoms with E-state index >= 15 is 0 Å². The van der Waals surface area contributed by atoms with Gasteiger partial charge >= 0.3 is 0 Å². The van der Waals surface area contributed by atoms with Crippen molar-refractivity contribution < 1.29 is 58.8 Å². The number of carbonyl (C=O) groups excluding carboxylic acids is 2. The van der Waals surface area contributed by atoms with E-state index in [-0.39, 0.29) is 74.9 Å². The van der Waals surface area contributed by atoms with Crippen LogP contribution in [0.2, 0.25) is 0 Å². The number of nitrogens with zero attached hydrogens (tertiary/aromatic N) is 1. The molecule has 1 aliphatic heterocycles. The summed E-state index contributed by atoms with van der Waals surface area (Å²) in [6.45, 7) is 1.71. The molecule has 0 aliphatic carbocycles. The summed E-state index contributed by atoms with van der Waals surface area (Å²) >= 11 is 0. The van der Waals surface area contributed by atoms with Crippen LogP contribution in [-0.2, 0) is 9.59 Å². The summed E-state index contributed by atoms with van der Waals surface area (Å²) < 4.78 is 0. The molecular formula is C7H11AcNO3. The summed E-state index contributed by atoms with van der Waals surface area (Å²) in [6.07, 6.45) is 0.291. The fourth-order valence-corrected chi connectivity index (χ4v) is 1.18. The average Bonchev–Trinajstić information content (AvgIpc) is 2.17. The molecule has 0 saturated carbocycles. The van der Waals surface area contributed by atoms with Gasteiger partial charge in [0.05, 0.1) is 13.2 Å². The maximum absolute atomic E-state index is 11.1. The smallest absolute Gasteiger partial charge is 0.232 e. The normalized spacial score (nSPS) is 22.8. The largest absolute Gasteiger partial charge is 0.395 e. The van der Waals surface area contributed by atoms with Crippen molar-refractivity contribution in [3.8, 4) is 0 Å². The molecule has 1 radical (unpaired) electrons. The van der Waals surface area contributed by atoms with Crippen LogP contribution in [0, 0.1) is 50.0 Å². The Labute approximate surface area is 107 Å². The van der Waals surface area contributed by atoms with Gasteiger partial charge in [0.15, 0.2) is 0 Å². The van der Waals surface area contributed by atoms with Gasteiger partial charge in [-0.1, -0.05) is 6.92 Å². The predicted molar refractivity (Wildman–Crippen MR) is 37.6 cm³/mol. The number of aliphatic hydroxyl groups is 1. The SMILES string of the molecule is C[C@@H]1CC(=O)N(CCO)C1=O.[Ac]. The first-order chi connectivity index (χ1) is 5.16. The number of carbonyl (C=O) groups is 2. The Kier molecular flexibility index (Phi) is 5.55. The standard InChI is InChI=1S/C7H11NO3.Ac/c1-5-4-6(10)8(2-3-9)7(5)11;/h5,9H,2-4H2,1H3;/t5-;/m1./s1. The molecule has 0 spiro atoms. The fourth-order valence-electron chi connectivity index (χ4n) is 1.18. The third-order valence-corrected chi connectivity index (χ3v) is 1.79. The quantitative estimate of drug-likeness (QED) is 0.646. The first-order valence-electron chi connectivity index (χ1n) is 3.62. The Bertz CT molecular complexity index is 195. The van der Waals surface area contributed by atoms with Crippen molar-refractivity contribution in [1.82, 2.24) is 4.90 Å². The van der Waals surface area contributed by atoms with E-state index in [0.717, 1.165) is 4.90 Å². The minimum atomic E-state index is -0.200. The Morgan fingerprint density at radius 1 is 1.58 bits per heavy atom. The van der Waals surface area contributed by atoms with Crippen molar-refractivity contribution in [3.05, 3.63) is 0 Å². The van der Waals surface area contributed by atoms with E-state index in [2.05, 4.69) is 0 Å². The first-order valence-corrected chi connectivity index (χ1v) is 3.62. The van der Waals surface area contributed by atoms with Gasteiger partial charge in [0.1, 0.15) is 0 Å². The number of β-amino-alcohol motifs (C(OH)–C–C–N with tert-alkyl or cyclic N) is 1. The van der Waals surface area contributed by atoms with Crippen LogP contribution >= 0.6 is 0 Å². The third-order valence-electron chi connectivity index (χ3n) is 1.79. The second-order valence-corrected chi connectivity index (χ2v) is 2.71. The van der Waals surface area contributed by atoms with Gasteiger partial charge in [-0.15, -0.1) is 0 Å². The minimum Gasteiger partial charge on any atom is -0.395 e. The molecular weight excluding hydrogens is 373 g/mol. The molecule has 5 heteroatoms. The number of hydrogen-bond donors (Lipinski definition) is 1. The molecule has 0 bridgehead atoms. The molecule has 1 heterocycles. The Hall–Kier alpha value is 0.542. The molecule has 1 N–H and O–H groups in total. The molecule has 1 saturated heterocycles. The maximum Gasteiger partial charge on any atom is 0.232 e. The molecule has 2 amide bonds. The van der Waals surface area contributed by atoms with E-state index in [1.165, 1.54) is 0 Å². The van der Waals surface area contributed by atoms with Gasteiger partial charge in [-0.25, -0.2) is 0 Å². The number of imide groups is 1. The summed E-state index contributed by atoms with van der Waals surface area (Å²) in [5.41, 5.74) is 0. The van der Waals surface area contributed by atoms with Gasteiger partial charge < -0.3 is 5.11 Å². The summed E-state index contributed by atoms with van der Waals surface area (Å²) in [6, 6.07) is 0. The number of aliphatic hydroxyl groups excluding tert-OH is 1. The Morgan fingerprint density at radius 3 is 2.50 bits per heavy atom. The van der Waals surface area contributed by atoms with Gasteiger partial charge in [0.25, 0.3) is 0 Å². The van der Waals surface area contributed by atoms with Crippen molar-refractivity contribution in [2.24, 2.45) is 5.92 Å². The summed E-state index contributed by atoms with van der Waals surface area (Å²) in [7, 11) is 0. The van der Waals surface area contributed by atoms with E-state index in [1.807, 2.05) is 0 Å². The van der Waals surface area contributed by atoms with Gasteiger partial charge in [-0.2, -0.15) is 0 Å². The van der Waals surface area contributed by atoms with Crippen molar-refractivity contribution in [2.45, 2.75) is 13.3 Å². The van der Waals surface area contributed by atoms with Crippen LogP contribution in [-0.4, -0.2) is 35.0 Å². The minimum absolute atomic E-state index is 0. The number of rotatable bonds is 2. The second kappa shape index (κ2) is 5.31. The molecule has 0 unspecified atom stereocenters.